The van der Waals surface area contributed by atoms with E-state index >= 15 is 0 Å². The minimum absolute atomic E-state index is 0.266. The van der Waals surface area contributed by atoms with E-state index in [9.17, 15) is 4.79 Å². The van der Waals surface area contributed by atoms with Gasteiger partial charge in [0.25, 0.3) is 0 Å². The molecule has 0 aromatic carbocycles. The molecule has 51 valence electrons. The van der Waals surface area contributed by atoms with Crippen LogP contribution in [0.3, 0.4) is 0 Å². The average Bonchev–Trinajstić information content (AvgIpc) is 2.33. The molecule has 3 heteroatoms. The highest BCUT2D eigenvalue weighted by Gasteiger charge is 2.21. The molecule has 1 rings (SSSR count). The quantitative estimate of drug-likeness (QED) is 0.542. The van der Waals surface area contributed by atoms with E-state index in [1.54, 1.807) is 4.90 Å². The normalized spacial score (nSPS) is 26.8. The molecule has 1 aliphatic heterocycles. The predicted molar refractivity (Wildman–Crippen MR) is 34.5 cm³/mol. The van der Waals surface area contributed by atoms with Gasteiger partial charge in [-0.2, -0.15) is 0 Å². The Labute approximate surface area is 54.8 Å². The molecular weight excluding hydrogens is 116 g/mol. The van der Waals surface area contributed by atoms with Gasteiger partial charge < -0.3 is 10.6 Å². The number of hydrogen-bond donors (Lipinski definition) is 1. The number of likely N-dealkylation sites (tertiary alicyclic amines) is 1. The summed E-state index contributed by atoms with van der Waals surface area (Å²) < 4.78 is 0. The first-order chi connectivity index (χ1) is 4.38. The smallest absolute Gasteiger partial charge is 0.312 e. The van der Waals surface area contributed by atoms with Crippen LogP contribution in [0.1, 0.15) is 12.8 Å². The Morgan fingerprint density at radius 3 is 3.00 bits per heavy atom. The maximum Gasteiger partial charge on any atom is 0.312 e. The van der Waals surface area contributed by atoms with E-state index in [0.717, 1.165) is 19.4 Å². The monoisotopic (exact) mass is 127 g/mol. The highest BCUT2D eigenvalue weighted by Crippen LogP contribution is 2.12. The summed E-state index contributed by atoms with van der Waals surface area (Å²) in [5, 5.41) is 0. The van der Waals surface area contributed by atoms with Gasteiger partial charge in [0.2, 0.25) is 0 Å². The summed E-state index contributed by atoms with van der Waals surface area (Å²) in [4.78, 5) is 11.8. The minimum Gasteiger partial charge on any atom is -0.330 e. The fraction of sp³-hybridized carbons (Fsp3) is 0.833. The molecular formula is C6H11N2O. The van der Waals surface area contributed by atoms with Gasteiger partial charge in [-0.15, -0.1) is 0 Å². The third-order valence-corrected chi connectivity index (χ3v) is 1.77. The van der Waals surface area contributed by atoms with E-state index in [2.05, 4.69) is 0 Å². The van der Waals surface area contributed by atoms with Crippen molar-refractivity contribution in [3.63, 3.8) is 0 Å². The van der Waals surface area contributed by atoms with Crippen LogP contribution in [0.2, 0.25) is 0 Å². The van der Waals surface area contributed by atoms with Crippen LogP contribution in [0, 0.1) is 0 Å². The average molecular weight is 127 g/mol. The molecule has 1 unspecified atom stereocenters. The number of amides is 1. The van der Waals surface area contributed by atoms with E-state index in [4.69, 9.17) is 5.73 Å². The maximum absolute atomic E-state index is 10.1. The van der Waals surface area contributed by atoms with Crippen LogP contribution in [0.25, 0.3) is 0 Å². The van der Waals surface area contributed by atoms with Crippen LogP contribution < -0.4 is 5.73 Å². The van der Waals surface area contributed by atoms with Crippen molar-refractivity contribution in [2.24, 2.45) is 5.73 Å². The van der Waals surface area contributed by atoms with Crippen LogP contribution in [-0.2, 0) is 4.79 Å². The highest BCUT2D eigenvalue weighted by molar-refractivity contribution is 5.49. The molecule has 1 aliphatic rings. The molecule has 0 spiro atoms. The van der Waals surface area contributed by atoms with E-state index in [0.29, 0.717) is 6.54 Å². The molecule has 1 heterocycles. The fourth-order valence-electron chi connectivity index (χ4n) is 1.20. The van der Waals surface area contributed by atoms with Gasteiger partial charge in [-0.25, -0.2) is 0 Å². The third-order valence-electron chi connectivity index (χ3n) is 1.77. The van der Waals surface area contributed by atoms with E-state index in [1.165, 1.54) is 0 Å². The Bertz CT molecular complexity index is 105. The van der Waals surface area contributed by atoms with E-state index < -0.39 is 0 Å². The number of carbonyl (C=O) groups excluding carboxylic acids is 1. The molecule has 0 aromatic heterocycles. The lowest BCUT2D eigenvalue weighted by Gasteiger charge is -2.15. The summed E-state index contributed by atoms with van der Waals surface area (Å²) in [5.74, 6) is 0. The maximum atomic E-state index is 10.1. The van der Waals surface area contributed by atoms with E-state index in [-0.39, 0.29) is 6.04 Å². The second-order valence-electron chi connectivity index (χ2n) is 2.32. The summed E-state index contributed by atoms with van der Waals surface area (Å²) in [6.07, 6.45) is 4.00. The topological polar surface area (TPSA) is 46.3 Å². The molecule has 1 atom stereocenters. The molecule has 0 saturated carbocycles. The van der Waals surface area contributed by atoms with Gasteiger partial charge in [-0.05, 0) is 12.8 Å². The minimum atomic E-state index is 0.266. The molecule has 0 aliphatic carbocycles. The van der Waals surface area contributed by atoms with Crippen molar-refractivity contribution in [1.82, 2.24) is 4.90 Å². The van der Waals surface area contributed by atoms with Gasteiger partial charge in [-0.3, -0.25) is 4.79 Å². The molecule has 0 aromatic rings. The van der Waals surface area contributed by atoms with E-state index in [1.807, 2.05) is 6.41 Å². The van der Waals surface area contributed by atoms with Gasteiger partial charge >= 0.3 is 6.41 Å². The Morgan fingerprint density at radius 2 is 2.56 bits per heavy atom. The predicted octanol–water partition coefficient (Wildman–Crippen LogP) is -0.523. The Hall–Kier alpha value is -0.570. The van der Waals surface area contributed by atoms with Crippen molar-refractivity contribution in [2.45, 2.75) is 18.9 Å². The summed E-state index contributed by atoms with van der Waals surface area (Å²) in [6, 6.07) is 0.266. The first-order valence-electron chi connectivity index (χ1n) is 3.23. The molecule has 1 amide bonds. The van der Waals surface area contributed by atoms with Gasteiger partial charge in [0, 0.05) is 19.1 Å². The van der Waals surface area contributed by atoms with Crippen molar-refractivity contribution < 1.29 is 4.79 Å². The summed E-state index contributed by atoms with van der Waals surface area (Å²) in [5.41, 5.74) is 5.38. The fourth-order valence-corrected chi connectivity index (χ4v) is 1.20. The summed E-state index contributed by atoms with van der Waals surface area (Å²) >= 11 is 0. The molecule has 1 saturated heterocycles. The summed E-state index contributed by atoms with van der Waals surface area (Å²) in [6.45, 7) is 1.42. The second kappa shape index (κ2) is 2.82. The number of nitrogens with zero attached hydrogens (tertiary/aromatic N) is 1. The Kier molecular flexibility index (Phi) is 2.05. The number of hydrogen-bond acceptors (Lipinski definition) is 2. The Balaban J connectivity index is 2.41. The van der Waals surface area contributed by atoms with Crippen molar-refractivity contribution in [3.05, 3.63) is 0 Å². The van der Waals surface area contributed by atoms with Gasteiger partial charge in [0.05, 0.1) is 0 Å². The van der Waals surface area contributed by atoms with Crippen molar-refractivity contribution in [2.75, 3.05) is 13.1 Å². The molecule has 9 heavy (non-hydrogen) atoms. The number of rotatable bonds is 2. The lowest BCUT2D eigenvalue weighted by molar-refractivity contribution is 0.363. The van der Waals surface area contributed by atoms with Crippen molar-refractivity contribution >= 4 is 6.41 Å². The van der Waals surface area contributed by atoms with Gasteiger partial charge in [0.1, 0.15) is 0 Å². The van der Waals surface area contributed by atoms with Crippen LogP contribution in [0.15, 0.2) is 0 Å². The Morgan fingerprint density at radius 1 is 1.78 bits per heavy atom. The molecule has 3 nitrogen and oxygen atoms in total. The lowest BCUT2D eigenvalue weighted by atomic mass is 10.2. The third kappa shape index (κ3) is 1.21. The highest BCUT2D eigenvalue weighted by atomic mass is 16.1. The molecule has 1 fully saturated rings. The first kappa shape index (κ1) is 6.55. The lowest BCUT2D eigenvalue weighted by Crippen LogP contribution is -2.34. The largest absolute Gasteiger partial charge is 0.330 e. The van der Waals surface area contributed by atoms with Crippen LogP contribution in [0.5, 0.6) is 0 Å². The van der Waals surface area contributed by atoms with Crippen LogP contribution in [0.4, 0.5) is 0 Å². The van der Waals surface area contributed by atoms with Gasteiger partial charge in [0.15, 0.2) is 0 Å². The molecule has 2 N–H and O–H groups in total. The van der Waals surface area contributed by atoms with Crippen LogP contribution >= 0.6 is 0 Å². The zero-order valence-corrected chi connectivity index (χ0v) is 5.34. The number of nitrogens with two attached hydrogens (primary N) is 1. The summed E-state index contributed by atoms with van der Waals surface area (Å²) in [7, 11) is 0. The SMILES string of the molecule is NCC1CCCN1[C]=O. The molecule has 0 bridgehead atoms. The van der Waals surface area contributed by atoms with Crippen molar-refractivity contribution in [3.8, 4) is 0 Å². The zero-order chi connectivity index (χ0) is 6.69. The van der Waals surface area contributed by atoms with Crippen LogP contribution in [-0.4, -0.2) is 30.4 Å². The van der Waals surface area contributed by atoms with Crippen molar-refractivity contribution in [1.29, 1.82) is 0 Å². The van der Waals surface area contributed by atoms with Gasteiger partial charge in [-0.1, -0.05) is 0 Å². The second-order valence-corrected chi connectivity index (χ2v) is 2.32. The first-order valence-corrected chi connectivity index (χ1v) is 3.23. The zero-order valence-electron chi connectivity index (χ0n) is 5.34. The standard InChI is InChI=1S/C6H11N2O/c7-4-6-2-1-3-8(6)5-9/h6H,1-4,7H2. The molecule has 1 radical (unpaired) electrons.